The molecule has 0 saturated heterocycles. The van der Waals surface area contributed by atoms with Crippen molar-refractivity contribution < 1.29 is 18.3 Å². The van der Waals surface area contributed by atoms with E-state index in [9.17, 15) is 8.78 Å². The van der Waals surface area contributed by atoms with Gasteiger partial charge in [0.05, 0.1) is 6.61 Å². The van der Waals surface area contributed by atoms with Gasteiger partial charge in [-0.15, -0.1) is 0 Å². The number of para-hydroxylation sites is 1. The summed E-state index contributed by atoms with van der Waals surface area (Å²) in [6, 6.07) is 4.88. The Morgan fingerprint density at radius 3 is 2.65 bits per heavy atom. The third kappa shape index (κ3) is 5.39. The number of rotatable bonds is 6. The second kappa shape index (κ2) is 7.26. The van der Waals surface area contributed by atoms with Crippen LogP contribution in [0.15, 0.2) is 30.6 Å². The maximum absolute atomic E-state index is 12.6. The van der Waals surface area contributed by atoms with Crippen LogP contribution in [0.2, 0.25) is 0 Å². The first-order valence-electron chi connectivity index (χ1n) is 7.23. The van der Waals surface area contributed by atoms with Gasteiger partial charge in [-0.25, -0.2) is 4.98 Å². The maximum Gasteiger partial charge on any atom is 0.387 e. The van der Waals surface area contributed by atoms with E-state index >= 15 is 0 Å². The van der Waals surface area contributed by atoms with Gasteiger partial charge in [-0.3, -0.25) is 0 Å². The number of nitrogens with one attached hydrogen (secondary N) is 1. The van der Waals surface area contributed by atoms with Crippen molar-refractivity contribution in [3.63, 3.8) is 0 Å². The van der Waals surface area contributed by atoms with Crippen LogP contribution in [0.25, 0.3) is 12.2 Å². The predicted octanol–water partition coefficient (Wildman–Crippen LogP) is 4.61. The average Bonchev–Trinajstić information content (AvgIpc) is 2.95. The summed E-state index contributed by atoms with van der Waals surface area (Å²) < 4.78 is 35.5. The Labute approximate surface area is 134 Å². The third-order valence-electron chi connectivity index (χ3n) is 2.82. The molecule has 1 aromatic heterocycles. The molecule has 0 spiro atoms. The number of hydrogen-bond acceptors (Lipinski definition) is 3. The molecule has 1 N–H and O–H groups in total. The van der Waals surface area contributed by atoms with E-state index < -0.39 is 6.61 Å². The van der Waals surface area contributed by atoms with Crippen LogP contribution in [0.3, 0.4) is 0 Å². The second-order valence-electron chi connectivity index (χ2n) is 6.21. The molecule has 2 aromatic rings. The first kappa shape index (κ1) is 17.0. The van der Waals surface area contributed by atoms with Crippen LogP contribution >= 0.6 is 0 Å². The zero-order chi connectivity index (χ0) is 16.9. The number of H-pyrrole nitrogens is 1. The molecule has 0 fully saturated rings. The molecule has 0 saturated carbocycles. The van der Waals surface area contributed by atoms with Gasteiger partial charge in [0.25, 0.3) is 0 Å². The van der Waals surface area contributed by atoms with Crippen LogP contribution in [0, 0.1) is 5.41 Å². The summed E-state index contributed by atoms with van der Waals surface area (Å²) in [4.78, 5) is 7.02. The van der Waals surface area contributed by atoms with Crippen molar-refractivity contribution in [3.05, 3.63) is 42.0 Å². The van der Waals surface area contributed by atoms with E-state index in [1.54, 1.807) is 36.7 Å². The van der Waals surface area contributed by atoms with E-state index in [1.807, 2.05) is 20.8 Å². The number of ether oxygens (including phenoxy) is 2. The highest BCUT2D eigenvalue weighted by molar-refractivity contribution is 5.72. The fourth-order valence-corrected chi connectivity index (χ4v) is 1.83. The van der Waals surface area contributed by atoms with Crippen LogP contribution in [0.4, 0.5) is 8.78 Å². The van der Waals surface area contributed by atoms with Crippen LogP contribution in [-0.2, 0) is 0 Å². The Kier molecular flexibility index (Phi) is 5.36. The monoisotopic (exact) mass is 322 g/mol. The number of nitrogens with zero attached hydrogens (tertiary/aromatic N) is 1. The molecule has 0 aliphatic rings. The predicted molar refractivity (Wildman–Crippen MR) is 85.5 cm³/mol. The van der Waals surface area contributed by atoms with Crippen molar-refractivity contribution in [2.75, 3.05) is 6.61 Å². The summed E-state index contributed by atoms with van der Waals surface area (Å²) in [5.74, 6) is 0.975. The molecular formula is C17H20F2N2O2. The minimum atomic E-state index is -2.91. The highest BCUT2D eigenvalue weighted by Crippen LogP contribution is 2.34. The minimum Gasteiger partial charge on any atom is -0.489 e. The van der Waals surface area contributed by atoms with Crippen LogP contribution in [-0.4, -0.2) is 23.2 Å². The summed E-state index contributed by atoms with van der Waals surface area (Å²) >= 11 is 0. The molecular weight excluding hydrogens is 302 g/mol. The largest absolute Gasteiger partial charge is 0.489 e. The topological polar surface area (TPSA) is 47.1 Å². The van der Waals surface area contributed by atoms with E-state index in [1.165, 1.54) is 6.07 Å². The molecule has 124 valence electrons. The molecule has 0 radical (unpaired) electrons. The molecule has 1 aromatic carbocycles. The van der Waals surface area contributed by atoms with E-state index in [0.717, 1.165) is 0 Å². The van der Waals surface area contributed by atoms with Gasteiger partial charge in [0.2, 0.25) is 0 Å². The SMILES string of the molecule is CC(C)(C)COc1c(/C=C/c2ncc[nH]2)cccc1OC(F)F. The van der Waals surface area contributed by atoms with Gasteiger partial charge in [0.15, 0.2) is 11.5 Å². The average molecular weight is 322 g/mol. The Balaban J connectivity index is 2.31. The summed E-state index contributed by atoms with van der Waals surface area (Å²) in [5, 5.41) is 0. The lowest BCUT2D eigenvalue weighted by Gasteiger charge is -2.21. The van der Waals surface area contributed by atoms with E-state index in [-0.39, 0.29) is 11.2 Å². The Bertz CT molecular complexity index is 647. The third-order valence-corrected chi connectivity index (χ3v) is 2.82. The number of alkyl halides is 2. The lowest BCUT2D eigenvalue weighted by Crippen LogP contribution is -2.18. The van der Waals surface area contributed by atoms with Gasteiger partial charge in [0.1, 0.15) is 5.82 Å². The number of imidazole rings is 1. The van der Waals surface area contributed by atoms with Gasteiger partial charge in [-0.2, -0.15) is 8.78 Å². The number of halogens is 2. The van der Waals surface area contributed by atoms with Crippen molar-refractivity contribution >= 4 is 12.2 Å². The smallest absolute Gasteiger partial charge is 0.387 e. The van der Waals surface area contributed by atoms with Crippen LogP contribution in [0.1, 0.15) is 32.2 Å². The fourth-order valence-electron chi connectivity index (χ4n) is 1.83. The van der Waals surface area contributed by atoms with Gasteiger partial charge < -0.3 is 14.5 Å². The first-order valence-corrected chi connectivity index (χ1v) is 7.23. The van der Waals surface area contributed by atoms with Crippen molar-refractivity contribution in [2.24, 2.45) is 5.41 Å². The second-order valence-corrected chi connectivity index (χ2v) is 6.21. The van der Waals surface area contributed by atoms with E-state index in [0.29, 0.717) is 23.7 Å². The highest BCUT2D eigenvalue weighted by Gasteiger charge is 2.17. The van der Waals surface area contributed by atoms with Crippen molar-refractivity contribution in [1.82, 2.24) is 9.97 Å². The Morgan fingerprint density at radius 2 is 2.04 bits per heavy atom. The summed E-state index contributed by atoms with van der Waals surface area (Å²) in [6.45, 7) is 3.47. The number of hydrogen-bond donors (Lipinski definition) is 1. The molecule has 0 unspecified atom stereocenters. The number of benzene rings is 1. The number of aromatic nitrogens is 2. The molecule has 0 atom stereocenters. The fraction of sp³-hybridized carbons (Fsp3) is 0.353. The van der Waals surface area contributed by atoms with Gasteiger partial charge in [-0.05, 0) is 23.6 Å². The molecule has 1 heterocycles. The summed E-state index contributed by atoms with van der Waals surface area (Å²) in [5.41, 5.74) is 0.531. The van der Waals surface area contributed by atoms with Gasteiger partial charge in [0, 0.05) is 18.0 Å². The van der Waals surface area contributed by atoms with Crippen LogP contribution in [0.5, 0.6) is 11.5 Å². The van der Waals surface area contributed by atoms with Gasteiger partial charge >= 0.3 is 6.61 Å². The molecule has 0 aliphatic heterocycles. The Hall–Kier alpha value is -2.37. The standard InChI is InChI=1S/C17H20F2N2O2/c1-17(2,3)11-22-15-12(7-8-14-20-9-10-21-14)5-4-6-13(15)23-16(18)19/h4-10,16H,11H2,1-3H3,(H,20,21)/b8-7+. The van der Waals surface area contributed by atoms with Crippen molar-refractivity contribution in [3.8, 4) is 11.5 Å². The molecule has 2 rings (SSSR count). The maximum atomic E-state index is 12.6. The quantitative estimate of drug-likeness (QED) is 0.845. The summed E-state index contributed by atoms with van der Waals surface area (Å²) in [6.07, 6.45) is 6.82. The van der Waals surface area contributed by atoms with Crippen molar-refractivity contribution in [1.29, 1.82) is 0 Å². The number of aromatic amines is 1. The summed E-state index contributed by atoms with van der Waals surface area (Å²) in [7, 11) is 0. The molecule has 0 bridgehead atoms. The van der Waals surface area contributed by atoms with Crippen LogP contribution < -0.4 is 9.47 Å². The normalized spacial score (nSPS) is 12.1. The lowest BCUT2D eigenvalue weighted by molar-refractivity contribution is -0.0517. The van der Waals surface area contributed by atoms with E-state index in [2.05, 4.69) is 14.7 Å². The highest BCUT2D eigenvalue weighted by atomic mass is 19.3. The van der Waals surface area contributed by atoms with Crippen molar-refractivity contribution in [2.45, 2.75) is 27.4 Å². The molecule has 23 heavy (non-hydrogen) atoms. The lowest BCUT2D eigenvalue weighted by atomic mass is 9.98. The first-order chi connectivity index (χ1) is 10.8. The molecule has 0 amide bonds. The minimum absolute atomic E-state index is 0.0193. The molecule has 0 aliphatic carbocycles. The zero-order valence-electron chi connectivity index (χ0n) is 13.3. The van der Waals surface area contributed by atoms with E-state index in [4.69, 9.17) is 4.74 Å². The zero-order valence-corrected chi connectivity index (χ0v) is 13.3. The van der Waals surface area contributed by atoms with Gasteiger partial charge in [-0.1, -0.05) is 32.9 Å². The Morgan fingerprint density at radius 1 is 1.26 bits per heavy atom. The molecule has 4 nitrogen and oxygen atoms in total. The molecule has 6 heteroatoms.